The second kappa shape index (κ2) is 6.59. The molecule has 0 spiro atoms. The number of carbonyl (C=O) groups is 1. The van der Waals surface area contributed by atoms with E-state index in [0.29, 0.717) is 23.9 Å². The molecule has 0 unspecified atom stereocenters. The second-order valence-electron chi connectivity index (χ2n) is 9.64. The molecule has 1 saturated carbocycles. The van der Waals surface area contributed by atoms with Gasteiger partial charge >= 0.3 is 5.97 Å². The largest absolute Gasteiger partial charge is 0.466 e. The van der Waals surface area contributed by atoms with Crippen molar-refractivity contribution in [3.63, 3.8) is 0 Å². The molecule has 2 heteroatoms. The van der Waals surface area contributed by atoms with E-state index >= 15 is 0 Å². The molecule has 0 radical (unpaired) electrons. The quantitative estimate of drug-likeness (QED) is 0.458. The summed E-state index contributed by atoms with van der Waals surface area (Å²) in [5.74, 6) is 1.77. The Kier molecular flexibility index (Phi) is 4.94. The van der Waals surface area contributed by atoms with Gasteiger partial charge in [0.1, 0.15) is 0 Å². The van der Waals surface area contributed by atoms with Gasteiger partial charge in [-0.1, -0.05) is 50.5 Å². The molecule has 0 aromatic carbocycles. The molecule has 3 aliphatic rings. The Balaban J connectivity index is 2.06. The summed E-state index contributed by atoms with van der Waals surface area (Å²) < 4.78 is 5.57. The Morgan fingerprint density at radius 1 is 1.24 bits per heavy atom. The van der Waals surface area contributed by atoms with Gasteiger partial charge < -0.3 is 4.74 Å². The molecule has 0 saturated heterocycles. The Labute approximate surface area is 154 Å². The molecule has 0 N–H and O–H groups in total. The van der Waals surface area contributed by atoms with E-state index in [4.69, 9.17) is 4.74 Å². The van der Waals surface area contributed by atoms with E-state index in [1.807, 2.05) is 0 Å². The standard InChI is InChI=1S/C23H36O2/c1-15(2)19-9-10-21-20-8-7-16(3)11-12-22(20,5)18(13-23(19,21)6)14-25-17(4)24/h7,15,18-19H,8-14H2,1-6H3/t18-,19-,22-,23-/m1/s1. The first-order chi connectivity index (χ1) is 11.7. The Morgan fingerprint density at radius 2 is 1.96 bits per heavy atom. The van der Waals surface area contributed by atoms with Gasteiger partial charge in [0.25, 0.3) is 0 Å². The van der Waals surface area contributed by atoms with E-state index in [0.717, 1.165) is 12.3 Å². The third kappa shape index (κ3) is 3.11. The van der Waals surface area contributed by atoms with Crippen LogP contribution in [0.5, 0.6) is 0 Å². The highest BCUT2D eigenvalue weighted by Gasteiger charge is 2.55. The number of esters is 1. The molecule has 25 heavy (non-hydrogen) atoms. The van der Waals surface area contributed by atoms with E-state index in [-0.39, 0.29) is 11.4 Å². The molecular formula is C23H36O2. The zero-order chi connectivity index (χ0) is 18.4. The molecule has 3 rings (SSSR count). The highest BCUT2D eigenvalue weighted by atomic mass is 16.5. The molecule has 140 valence electrons. The summed E-state index contributed by atoms with van der Waals surface area (Å²) >= 11 is 0. The van der Waals surface area contributed by atoms with Crippen molar-refractivity contribution in [2.75, 3.05) is 6.61 Å². The van der Waals surface area contributed by atoms with Gasteiger partial charge in [-0.05, 0) is 68.1 Å². The lowest BCUT2D eigenvalue weighted by atomic mass is 9.53. The SMILES string of the molecule is CC(=O)OC[C@H]1C[C@@]2(C)C(=C3CC=C(C)CC[C@@]31C)CC[C@@H]2C(C)C. The molecular weight excluding hydrogens is 308 g/mol. The Bertz CT molecular complexity index is 612. The molecule has 0 aromatic heterocycles. The molecule has 0 aliphatic heterocycles. The number of hydrogen-bond donors (Lipinski definition) is 0. The molecule has 0 aromatic rings. The number of hydrogen-bond acceptors (Lipinski definition) is 2. The first kappa shape index (κ1) is 18.7. The smallest absolute Gasteiger partial charge is 0.302 e. The van der Waals surface area contributed by atoms with Crippen LogP contribution < -0.4 is 0 Å². The van der Waals surface area contributed by atoms with Gasteiger partial charge in [0, 0.05) is 12.8 Å². The van der Waals surface area contributed by atoms with Gasteiger partial charge in [-0.2, -0.15) is 0 Å². The molecule has 1 fully saturated rings. The van der Waals surface area contributed by atoms with Gasteiger partial charge in [0.2, 0.25) is 0 Å². The Hall–Kier alpha value is -1.05. The monoisotopic (exact) mass is 344 g/mol. The first-order valence-electron chi connectivity index (χ1n) is 10.2. The molecule has 0 heterocycles. The van der Waals surface area contributed by atoms with Crippen LogP contribution in [-0.4, -0.2) is 12.6 Å². The van der Waals surface area contributed by atoms with Crippen LogP contribution in [0.2, 0.25) is 0 Å². The average Bonchev–Trinajstić information content (AvgIpc) is 2.78. The van der Waals surface area contributed by atoms with E-state index in [1.54, 1.807) is 18.1 Å². The number of allylic oxidation sites excluding steroid dienone is 4. The lowest BCUT2D eigenvalue weighted by molar-refractivity contribution is -0.144. The average molecular weight is 345 g/mol. The van der Waals surface area contributed by atoms with E-state index in [1.165, 1.54) is 37.7 Å². The number of carbonyl (C=O) groups excluding carboxylic acids is 1. The van der Waals surface area contributed by atoms with Crippen molar-refractivity contribution in [3.05, 3.63) is 22.8 Å². The third-order valence-corrected chi connectivity index (χ3v) is 7.82. The summed E-state index contributed by atoms with van der Waals surface area (Å²) in [6.45, 7) is 14.1. The molecule has 0 amide bonds. The van der Waals surface area contributed by atoms with Crippen LogP contribution in [0, 0.1) is 28.6 Å². The zero-order valence-electron chi connectivity index (χ0n) is 17.1. The van der Waals surface area contributed by atoms with Crippen LogP contribution in [0.3, 0.4) is 0 Å². The summed E-state index contributed by atoms with van der Waals surface area (Å²) in [6.07, 6.45) is 9.72. The fourth-order valence-electron chi connectivity index (χ4n) is 6.30. The van der Waals surface area contributed by atoms with E-state index in [9.17, 15) is 4.79 Å². The van der Waals surface area contributed by atoms with E-state index < -0.39 is 0 Å². The van der Waals surface area contributed by atoms with Crippen molar-refractivity contribution in [3.8, 4) is 0 Å². The maximum atomic E-state index is 11.5. The maximum absolute atomic E-state index is 11.5. The predicted molar refractivity (Wildman–Crippen MR) is 103 cm³/mol. The summed E-state index contributed by atoms with van der Waals surface area (Å²) in [5.41, 5.74) is 5.46. The normalized spacial score (nSPS) is 38.1. The lowest BCUT2D eigenvalue weighted by Gasteiger charge is -2.52. The van der Waals surface area contributed by atoms with Gasteiger partial charge in [0.15, 0.2) is 0 Å². The molecule has 3 aliphatic carbocycles. The number of rotatable bonds is 3. The summed E-state index contributed by atoms with van der Waals surface area (Å²) in [6, 6.07) is 0. The van der Waals surface area contributed by atoms with Crippen molar-refractivity contribution in [1.29, 1.82) is 0 Å². The summed E-state index contributed by atoms with van der Waals surface area (Å²) in [5, 5.41) is 0. The fourth-order valence-corrected chi connectivity index (χ4v) is 6.30. The van der Waals surface area contributed by atoms with Crippen molar-refractivity contribution in [2.45, 2.75) is 80.1 Å². The van der Waals surface area contributed by atoms with Crippen LogP contribution in [0.15, 0.2) is 22.8 Å². The van der Waals surface area contributed by atoms with Crippen LogP contribution in [0.4, 0.5) is 0 Å². The molecule has 0 bridgehead atoms. The fraction of sp³-hybridized carbons (Fsp3) is 0.783. The van der Waals surface area contributed by atoms with Crippen LogP contribution in [-0.2, 0) is 9.53 Å². The van der Waals surface area contributed by atoms with Gasteiger partial charge in [-0.3, -0.25) is 4.79 Å². The molecule has 4 atom stereocenters. The summed E-state index contributed by atoms with van der Waals surface area (Å²) in [4.78, 5) is 11.5. The van der Waals surface area contributed by atoms with Crippen LogP contribution in [0.1, 0.15) is 80.1 Å². The van der Waals surface area contributed by atoms with Gasteiger partial charge in [-0.15, -0.1) is 0 Å². The Morgan fingerprint density at radius 3 is 2.60 bits per heavy atom. The van der Waals surface area contributed by atoms with Crippen molar-refractivity contribution >= 4 is 5.97 Å². The topological polar surface area (TPSA) is 26.3 Å². The van der Waals surface area contributed by atoms with Crippen molar-refractivity contribution in [2.24, 2.45) is 28.6 Å². The van der Waals surface area contributed by atoms with Gasteiger partial charge in [0.05, 0.1) is 6.61 Å². The first-order valence-corrected chi connectivity index (χ1v) is 10.2. The van der Waals surface area contributed by atoms with Crippen molar-refractivity contribution in [1.82, 2.24) is 0 Å². The minimum Gasteiger partial charge on any atom is -0.466 e. The lowest BCUT2D eigenvalue weighted by Crippen LogP contribution is -2.44. The van der Waals surface area contributed by atoms with Crippen LogP contribution in [0.25, 0.3) is 0 Å². The second-order valence-corrected chi connectivity index (χ2v) is 9.64. The van der Waals surface area contributed by atoms with Crippen LogP contribution >= 0.6 is 0 Å². The maximum Gasteiger partial charge on any atom is 0.302 e. The number of fused-ring (bicyclic) bond motifs is 2. The highest BCUT2D eigenvalue weighted by molar-refractivity contribution is 5.65. The van der Waals surface area contributed by atoms with Gasteiger partial charge in [-0.25, -0.2) is 0 Å². The predicted octanol–water partition coefficient (Wildman–Crippen LogP) is 6.07. The van der Waals surface area contributed by atoms with Crippen molar-refractivity contribution < 1.29 is 9.53 Å². The van der Waals surface area contributed by atoms with E-state index in [2.05, 4.69) is 40.7 Å². The summed E-state index contributed by atoms with van der Waals surface area (Å²) in [7, 11) is 0. The zero-order valence-corrected chi connectivity index (χ0v) is 17.1. The third-order valence-electron chi connectivity index (χ3n) is 7.82. The minimum atomic E-state index is -0.139. The molecule has 2 nitrogen and oxygen atoms in total. The highest BCUT2D eigenvalue weighted by Crippen LogP contribution is 2.64. The number of ether oxygens (including phenoxy) is 1. The minimum absolute atomic E-state index is 0.139.